The van der Waals surface area contributed by atoms with E-state index in [0.29, 0.717) is 10.4 Å². The number of pyridine rings is 1. The lowest BCUT2D eigenvalue weighted by atomic mass is 9.72. The van der Waals surface area contributed by atoms with Crippen LogP contribution in [-0.2, 0) is 11.3 Å². The van der Waals surface area contributed by atoms with E-state index >= 15 is 0 Å². The Morgan fingerprint density at radius 1 is 1.03 bits per heavy atom. The van der Waals surface area contributed by atoms with E-state index in [-0.39, 0.29) is 12.5 Å². The molecule has 0 saturated carbocycles. The molecule has 31 heavy (non-hydrogen) atoms. The van der Waals surface area contributed by atoms with Crippen LogP contribution in [0.15, 0.2) is 55.1 Å². The number of rotatable bonds is 4. The first-order chi connectivity index (χ1) is 15.0. The Hall–Kier alpha value is -2.70. The lowest BCUT2D eigenvalue weighted by molar-refractivity contribution is -0.147. The third kappa shape index (κ3) is 3.98. The number of hydrogen-bond donors (Lipinski definition) is 0. The van der Waals surface area contributed by atoms with E-state index in [9.17, 15) is 4.79 Å². The Bertz CT molecular complexity index is 1060. The van der Waals surface area contributed by atoms with Crippen molar-refractivity contribution < 1.29 is 4.79 Å². The summed E-state index contributed by atoms with van der Waals surface area (Å²) in [5.41, 5.74) is 4.05. The van der Waals surface area contributed by atoms with Gasteiger partial charge in [-0.2, -0.15) is 0 Å². The lowest BCUT2D eigenvalue weighted by Gasteiger charge is -2.53. The van der Waals surface area contributed by atoms with E-state index in [1.165, 1.54) is 12.8 Å². The highest BCUT2D eigenvalue weighted by Gasteiger charge is 2.46. The molecule has 0 radical (unpaired) electrons. The second-order valence-corrected chi connectivity index (χ2v) is 9.30. The number of hydrogen-bond acceptors (Lipinski definition) is 4. The van der Waals surface area contributed by atoms with E-state index in [0.717, 1.165) is 48.7 Å². The molecule has 1 spiro atoms. The summed E-state index contributed by atoms with van der Waals surface area (Å²) < 4.78 is 1.96. The molecule has 2 aromatic heterocycles. The first-order valence-corrected chi connectivity index (χ1v) is 11.1. The molecule has 7 heteroatoms. The molecule has 0 unspecified atom stereocenters. The Balaban J connectivity index is 1.38. The fourth-order valence-corrected chi connectivity index (χ4v) is 4.85. The fraction of sp³-hybridized carbons (Fsp3) is 0.375. The second-order valence-electron chi connectivity index (χ2n) is 8.87. The van der Waals surface area contributed by atoms with Gasteiger partial charge in [-0.1, -0.05) is 23.7 Å². The van der Waals surface area contributed by atoms with Gasteiger partial charge in [-0.3, -0.25) is 9.78 Å². The first-order valence-electron chi connectivity index (χ1n) is 10.7. The van der Waals surface area contributed by atoms with E-state index in [1.54, 1.807) is 18.7 Å². The number of halogens is 1. The SMILES string of the molecule is CN1CCC2(CC1)CN(C(=O)Cn1cnc(-c3ccc(Cl)cc3)c1-c1ccncc1)C2. The molecule has 4 heterocycles. The largest absolute Gasteiger partial charge is 0.340 e. The quantitative estimate of drug-likeness (QED) is 0.625. The second kappa shape index (κ2) is 8.09. The Morgan fingerprint density at radius 3 is 2.39 bits per heavy atom. The predicted molar refractivity (Wildman–Crippen MR) is 122 cm³/mol. The minimum absolute atomic E-state index is 0.153. The van der Waals surface area contributed by atoms with Gasteiger partial charge in [0, 0.05) is 47.0 Å². The number of benzene rings is 1. The molecule has 0 N–H and O–H groups in total. The number of imidazole rings is 1. The molecule has 0 aliphatic carbocycles. The Kier molecular flexibility index (Phi) is 5.28. The molecule has 1 aromatic carbocycles. The number of carbonyl (C=O) groups is 1. The molecule has 2 saturated heterocycles. The molecule has 1 amide bonds. The van der Waals surface area contributed by atoms with Gasteiger partial charge in [-0.05, 0) is 57.2 Å². The topological polar surface area (TPSA) is 54.3 Å². The molecule has 2 aliphatic heterocycles. The van der Waals surface area contributed by atoms with Crippen molar-refractivity contribution in [3.8, 4) is 22.5 Å². The molecular weight excluding hydrogens is 410 g/mol. The number of amides is 1. The number of nitrogens with zero attached hydrogens (tertiary/aromatic N) is 5. The molecular formula is C24H26ClN5O. The van der Waals surface area contributed by atoms with E-state index in [4.69, 9.17) is 11.6 Å². The van der Waals surface area contributed by atoms with Crippen molar-refractivity contribution in [2.45, 2.75) is 19.4 Å². The van der Waals surface area contributed by atoms with Gasteiger partial charge in [-0.15, -0.1) is 0 Å². The van der Waals surface area contributed by atoms with Crippen LogP contribution in [0.25, 0.3) is 22.5 Å². The van der Waals surface area contributed by atoms with Gasteiger partial charge < -0.3 is 14.4 Å². The van der Waals surface area contributed by atoms with Crippen molar-refractivity contribution in [2.24, 2.45) is 5.41 Å². The predicted octanol–water partition coefficient (Wildman–Crippen LogP) is 3.82. The molecule has 160 valence electrons. The molecule has 6 nitrogen and oxygen atoms in total. The highest BCUT2D eigenvalue weighted by atomic mass is 35.5. The zero-order chi connectivity index (χ0) is 21.4. The Labute approximate surface area is 187 Å². The van der Waals surface area contributed by atoms with Crippen molar-refractivity contribution in [3.05, 3.63) is 60.1 Å². The summed E-state index contributed by atoms with van der Waals surface area (Å²) in [5.74, 6) is 0.153. The standard InChI is InChI=1S/C24H26ClN5O/c1-28-12-8-24(9-13-28)15-30(16-24)21(31)14-29-17-27-22(18-2-4-20(25)5-3-18)23(29)19-6-10-26-11-7-19/h2-7,10-11,17H,8-9,12-16H2,1H3. The minimum atomic E-state index is 0.153. The number of likely N-dealkylation sites (tertiary alicyclic amines) is 2. The summed E-state index contributed by atoms with van der Waals surface area (Å²) in [6.45, 7) is 4.29. The highest BCUT2D eigenvalue weighted by Crippen LogP contribution is 2.40. The van der Waals surface area contributed by atoms with Crippen molar-refractivity contribution in [1.29, 1.82) is 0 Å². The summed E-state index contributed by atoms with van der Waals surface area (Å²) in [7, 11) is 2.17. The van der Waals surface area contributed by atoms with Crippen LogP contribution < -0.4 is 0 Å². The van der Waals surface area contributed by atoms with Crippen molar-refractivity contribution in [2.75, 3.05) is 33.2 Å². The first kappa shape index (κ1) is 20.2. The van der Waals surface area contributed by atoms with Gasteiger partial charge in [0.2, 0.25) is 5.91 Å². The maximum absolute atomic E-state index is 13.1. The summed E-state index contributed by atoms with van der Waals surface area (Å²) in [5, 5.41) is 0.685. The molecule has 3 aromatic rings. The van der Waals surface area contributed by atoms with Gasteiger partial charge in [0.05, 0.1) is 17.7 Å². The van der Waals surface area contributed by atoms with Crippen molar-refractivity contribution >= 4 is 17.5 Å². The maximum Gasteiger partial charge on any atom is 0.242 e. The minimum Gasteiger partial charge on any atom is -0.340 e. The van der Waals surface area contributed by atoms with Gasteiger partial charge in [0.1, 0.15) is 6.54 Å². The molecule has 0 bridgehead atoms. The average Bonchev–Trinajstić information content (AvgIpc) is 3.17. The van der Waals surface area contributed by atoms with E-state index < -0.39 is 0 Å². The molecule has 5 rings (SSSR count). The highest BCUT2D eigenvalue weighted by molar-refractivity contribution is 6.30. The maximum atomic E-state index is 13.1. The summed E-state index contributed by atoms with van der Waals surface area (Å²) in [6, 6.07) is 11.5. The summed E-state index contributed by atoms with van der Waals surface area (Å²) in [4.78, 5) is 26.3. The van der Waals surface area contributed by atoms with Crippen LogP contribution in [0.4, 0.5) is 0 Å². The number of piperidine rings is 1. The lowest BCUT2D eigenvalue weighted by Crippen LogP contribution is -2.62. The summed E-state index contributed by atoms with van der Waals surface area (Å²) >= 11 is 6.07. The number of aromatic nitrogens is 3. The van der Waals surface area contributed by atoms with Crippen molar-refractivity contribution in [3.63, 3.8) is 0 Å². The van der Waals surface area contributed by atoms with E-state index in [2.05, 4.69) is 21.9 Å². The monoisotopic (exact) mass is 435 g/mol. The molecule has 2 fully saturated rings. The van der Waals surface area contributed by atoms with Crippen LogP contribution in [0.5, 0.6) is 0 Å². The van der Waals surface area contributed by atoms with E-state index in [1.807, 2.05) is 45.9 Å². The van der Waals surface area contributed by atoms with Crippen LogP contribution >= 0.6 is 11.6 Å². The normalized spacial score (nSPS) is 18.2. The van der Waals surface area contributed by atoms with Crippen LogP contribution in [0.2, 0.25) is 5.02 Å². The van der Waals surface area contributed by atoms with Gasteiger partial charge in [0.15, 0.2) is 0 Å². The third-order valence-electron chi connectivity index (χ3n) is 6.67. The fourth-order valence-electron chi connectivity index (χ4n) is 4.73. The van der Waals surface area contributed by atoms with Crippen molar-refractivity contribution in [1.82, 2.24) is 24.3 Å². The van der Waals surface area contributed by atoms with Crippen LogP contribution in [0, 0.1) is 5.41 Å². The smallest absolute Gasteiger partial charge is 0.242 e. The Morgan fingerprint density at radius 2 is 1.71 bits per heavy atom. The molecule has 0 atom stereocenters. The summed E-state index contributed by atoms with van der Waals surface area (Å²) in [6.07, 6.45) is 7.66. The third-order valence-corrected chi connectivity index (χ3v) is 6.92. The van der Waals surface area contributed by atoms with Gasteiger partial charge >= 0.3 is 0 Å². The zero-order valence-corrected chi connectivity index (χ0v) is 18.4. The average molecular weight is 436 g/mol. The van der Waals surface area contributed by atoms with Gasteiger partial charge in [-0.25, -0.2) is 4.98 Å². The molecule has 2 aliphatic rings. The van der Waals surface area contributed by atoms with Crippen LogP contribution in [-0.4, -0.2) is 63.5 Å². The van der Waals surface area contributed by atoms with Crippen LogP contribution in [0.1, 0.15) is 12.8 Å². The zero-order valence-electron chi connectivity index (χ0n) is 17.7. The van der Waals surface area contributed by atoms with Gasteiger partial charge in [0.25, 0.3) is 0 Å². The number of carbonyl (C=O) groups excluding carboxylic acids is 1. The van der Waals surface area contributed by atoms with Crippen LogP contribution in [0.3, 0.4) is 0 Å².